The van der Waals surface area contributed by atoms with Crippen LogP contribution >= 0.6 is 11.3 Å². The highest BCUT2D eigenvalue weighted by Crippen LogP contribution is 2.29. The molecule has 8 heteroatoms. The number of amides is 4. The monoisotopic (exact) mass is 394 g/mol. The topological polar surface area (TPSA) is 93.5 Å². The number of urea groups is 1. The first-order valence-corrected chi connectivity index (χ1v) is 9.78. The van der Waals surface area contributed by atoms with Gasteiger partial charge in [-0.25, -0.2) is 4.79 Å². The molecule has 1 atom stereocenters. The number of fused-ring (bicyclic) bond motifs is 1. The van der Waals surface area contributed by atoms with Gasteiger partial charge in [0.1, 0.15) is 12.1 Å². The lowest BCUT2D eigenvalue weighted by Gasteiger charge is -2.28. The predicted octanol–water partition coefficient (Wildman–Crippen LogP) is 1.97. The van der Waals surface area contributed by atoms with Gasteiger partial charge in [0.15, 0.2) is 0 Å². The van der Waals surface area contributed by atoms with Crippen molar-refractivity contribution >= 4 is 29.2 Å². The van der Waals surface area contributed by atoms with E-state index < -0.39 is 17.5 Å². The summed E-state index contributed by atoms with van der Waals surface area (Å²) >= 11 is 1.69. The lowest BCUT2D eigenvalue weighted by Crippen LogP contribution is -2.45. The van der Waals surface area contributed by atoms with Crippen LogP contribution in [0.3, 0.4) is 0 Å². The summed E-state index contributed by atoms with van der Waals surface area (Å²) in [6, 6.07) is 9.93. The van der Waals surface area contributed by atoms with Gasteiger partial charge < -0.3 is 10.2 Å². The van der Waals surface area contributed by atoms with E-state index in [1.54, 1.807) is 47.4 Å². The lowest BCUT2D eigenvalue weighted by atomic mass is 9.91. The molecule has 1 aromatic carbocycles. The van der Waals surface area contributed by atoms with Gasteiger partial charge in [0, 0.05) is 18.0 Å². The Hall–Kier alpha value is -3.18. The highest BCUT2D eigenvalue weighted by atomic mass is 32.1. The zero-order chi connectivity index (χ0) is 19.9. The van der Waals surface area contributed by atoms with E-state index in [0.29, 0.717) is 24.2 Å². The number of thiophene rings is 1. The Morgan fingerprint density at radius 2 is 2.04 bits per heavy atom. The van der Waals surface area contributed by atoms with Crippen LogP contribution in [0.15, 0.2) is 35.7 Å². The predicted molar refractivity (Wildman–Crippen MR) is 102 cm³/mol. The molecule has 0 spiro atoms. The van der Waals surface area contributed by atoms with E-state index in [9.17, 15) is 14.4 Å². The molecule has 0 unspecified atom stereocenters. The number of imide groups is 1. The molecule has 28 heavy (non-hydrogen) atoms. The second-order valence-electron chi connectivity index (χ2n) is 7.07. The van der Waals surface area contributed by atoms with Crippen molar-refractivity contribution in [3.05, 3.63) is 57.3 Å². The first-order chi connectivity index (χ1) is 13.4. The van der Waals surface area contributed by atoms with E-state index in [-0.39, 0.29) is 12.5 Å². The van der Waals surface area contributed by atoms with E-state index in [0.717, 1.165) is 16.9 Å². The molecule has 1 aromatic heterocycles. The molecule has 0 bridgehead atoms. The van der Waals surface area contributed by atoms with Crippen molar-refractivity contribution in [2.24, 2.45) is 0 Å². The Bertz CT molecular complexity index is 1010. The fourth-order valence-electron chi connectivity index (χ4n) is 3.61. The maximum Gasteiger partial charge on any atom is 0.325 e. The maximum atomic E-state index is 13.0. The van der Waals surface area contributed by atoms with Crippen molar-refractivity contribution in [2.75, 3.05) is 13.1 Å². The van der Waals surface area contributed by atoms with E-state index in [4.69, 9.17) is 5.26 Å². The van der Waals surface area contributed by atoms with Crippen LogP contribution in [-0.4, -0.2) is 40.7 Å². The van der Waals surface area contributed by atoms with Gasteiger partial charge in [-0.2, -0.15) is 5.26 Å². The highest BCUT2D eigenvalue weighted by Gasteiger charge is 2.49. The standard InChI is InChI=1S/C20H18N4O3S/c1-20(15-4-2-13(10-21)3-5-15)18(26)24(19(27)22-20)12-17(25)23-8-6-16-14(11-23)7-9-28-16/h2-5,7,9H,6,8,11-12H2,1H3,(H,22,27)/t20-/m0/s1. The summed E-state index contributed by atoms with van der Waals surface area (Å²) in [5.41, 5.74) is 0.910. The molecule has 1 N–H and O–H groups in total. The van der Waals surface area contributed by atoms with Crippen molar-refractivity contribution in [1.29, 1.82) is 5.26 Å². The summed E-state index contributed by atoms with van der Waals surface area (Å²) in [6.45, 7) is 2.42. The number of hydrogen-bond donors (Lipinski definition) is 1. The average molecular weight is 394 g/mol. The molecule has 3 heterocycles. The zero-order valence-corrected chi connectivity index (χ0v) is 16.1. The molecule has 2 aromatic rings. The third kappa shape index (κ3) is 2.94. The normalized spacial score (nSPS) is 21.3. The van der Waals surface area contributed by atoms with Crippen LogP contribution in [-0.2, 0) is 28.1 Å². The molecule has 2 aliphatic heterocycles. The van der Waals surface area contributed by atoms with Gasteiger partial charge in [0.25, 0.3) is 5.91 Å². The fourth-order valence-corrected chi connectivity index (χ4v) is 4.50. The molecule has 0 aliphatic carbocycles. The number of nitriles is 1. The summed E-state index contributed by atoms with van der Waals surface area (Å²) in [7, 11) is 0. The highest BCUT2D eigenvalue weighted by molar-refractivity contribution is 7.10. The van der Waals surface area contributed by atoms with Gasteiger partial charge in [0.2, 0.25) is 5.91 Å². The van der Waals surface area contributed by atoms with Crippen LogP contribution in [0.2, 0.25) is 0 Å². The number of carbonyl (C=O) groups excluding carboxylic acids is 3. The molecule has 4 rings (SSSR count). The quantitative estimate of drug-likeness (QED) is 0.806. The maximum absolute atomic E-state index is 13.0. The second-order valence-corrected chi connectivity index (χ2v) is 8.07. The van der Waals surface area contributed by atoms with Gasteiger partial charge in [-0.15, -0.1) is 11.3 Å². The Balaban J connectivity index is 1.49. The Morgan fingerprint density at radius 1 is 1.29 bits per heavy atom. The molecule has 0 radical (unpaired) electrons. The second kappa shape index (κ2) is 6.77. The van der Waals surface area contributed by atoms with Gasteiger partial charge in [-0.3, -0.25) is 14.5 Å². The van der Waals surface area contributed by atoms with Gasteiger partial charge >= 0.3 is 6.03 Å². The Kier molecular flexibility index (Phi) is 4.40. The molecule has 4 amide bonds. The molecule has 142 valence electrons. The molecule has 0 saturated carbocycles. The summed E-state index contributed by atoms with van der Waals surface area (Å²) < 4.78 is 0. The number of carbonyl (C=O) groups is 3. The number of nitrogens with zero attached hydrogens (tertiary/aromatic N) is 3. The lowest BCUT2D eigenvalue weighted by molar-refractivity contribution is -0.139. The summed E-state index contributed by atoms with van der Waals surface area (Å²) in [6.07, 6.45) is 0.793. The fraction of sp³-hybridized carbons (Fsp3) is 0.300. The van der Waals surface area contributed by atoms with Crippen molar-refractivity contribution in [1.82, 2.24) is 15.1 Å². The SMILES string of the molecule is C[C@@]1(c2ccc(C#N)cc2)NC(=O)N(CC(=O)N2CCc3sccc3C2)C1=O. The van der Waals surface area contributed by atoms with E-state index >= 15 is 0 Å². The minimum absolute atomic E-state index is 0.246. The number of rotatable bonds is 3. The van der Waals surface area contributed by atoms with Crippen LogP contribution in [0, 0.1) is 11.3 Å². The van der Waals surface area contributed by atoms with Crippen molar-refractivity contribution in [3.63, 3.8) is 0 Å². The molecular formula is C20H18N4O3S. The zero-order valence-electron chi connectivity index (χ0n) is 15.3. The smallest absolute Gasteiger partial charge is 0.325 e. The van der Waals surface area contributed by atoms with E-state index in [2.05, 4.69) is 5.32 Å². The minimum atomic E-state index is -1.26. The van der Waals surface area contributed by atoms with Crippen molar-refractivity contribution < 1.29 is 14.4 Å². The van der Waals surface area contributed by atoms with Crippen LogP contribution in [0.4, 0.5) is 4.79 Å². The molecule has 7 nitrogen and oxygen atoms in total. The third-order valence-electron chi connectivity index (χ3n) is 5.32. The van der Waals surface area contributed by atoms with Gasteiger partial charge in [-0.05, 0) is 48.1 Å². The molecule has 1 saturated heterocycles. The molecular weight excluding hydrogens is 376 g/mol. The Labute approximate surface area is 166 Å². The first-order valence-electron chi connectivity index (χ1n) is 8.90. The van der Waals surface area contributed by atoms with Crippen LogP contribution in [0.1, 0.15) is 28.5 Å². The van der Waals surface area contributed by atoms with Gasteiger partial charge in [0.05, 0.1) is 11.6 Å². The minimum Gasteiger partial charge on any atom is -0.336 e. The van der Waals surface area contributed by atoms with Crippen LogP contribution < -0.4 is 5.32 Å². The number of nitrogens with one attached hydrogen (secondary N) is 1. The summed E-state index contributed by atoms with van der Waals surface area (Å²) in [5, 5.41) is 13.6. The Morgan fingerprint density at radius 3 is 2.75 bits per heavy atom. The van der Waals surface area contributed by atoms with Crippen molar-refractivity contribution in [2.45, 2.75) is 25.4 Å². The third-order valence-corrected chi connectivity index (χ3v) is 6.34. The largest absolute Gasteiger partial charge is 0.336 e. The molecule has 1 fully saturated rings. The first kappa shape index (κ1) is 18.2. The van der Waals surface area contributed by atoms with Gasteiger partial charge in [-0.1, -0.05) is 12.1 Å². The number of benzene rings is 1. The molecule has 2 aliphatic rings. The van der Waals surface area contributed by atoms with Crippen LogP contribution in [0.5, 0.6) is 0 Å². The van der Waals surface area contributed by atoms with Crippen LogP contribution in [0.25, 0.3) is 0 Å². The van der Waals surface area contributed by atoms with E-state index in [1.165, 1.54) is 4.88 Å². The number of hydrogen-bond acceptors (Lipinski definition) is 5. The summed E-state index contributed by atoms with van der Waals surface area (Å²) in [4.78, 5) is 42.1. The van der Waals surface area contributed by atoms with Crippen molar-refractivity contribution in [3.8, 4) is 6.07 Å². The average Bonchev–Trinajstić information content (AvgIpc) is 3.26. The van der Waals surface area contributed by atoms with E-state index in [1.807, 2.05) is 17.5 Å². The summed E-state index contributed by atoms with van der Waals surface area (Å²) in [5.74, 6) is -0.715.